The highest BCUT2D eigenvalue weighted by molar-refractivity contribution is 5.91. The summed E-state index contributed by atoms with van der Waals surface area (Å²) >= 11 is 0. The Morgan fingerprint density at radius 1 is 1.17 bits per heavy atom. The second-order valence-corrected chi connectivity index (χ2v) is 5.13. The molecule has 6 nitrogen and oxygen atoms in total. The van der Waals surface area contributed by atoms with E-state index in [1.54, 1.807) is 24.3 Å². The van der Waals surface area contributed by atoms with E-state index >= 15 is 0 Å². The summed E-state index contributed by atoms with van der Waals surface area (Å²) < 4.78 is 4.93. The molecule has 24 heavy (non-hydrogen) atoms. The zero-order valence-corrected chi connectivity index (χ0v) is 13.2. The predicted octanol–water partition coefficient (Wildman–Crippen LogP) is 2.18. The summed E-state index contributed by atoms with van der Waals surface area (Å²) in [5.74, 6) is -0.601. The molecule has 6 heteroatoms. The van der Waals surface area contributed by atoms with Crippen molar-refractivity contribution in [1.82, 2.24) is 5.32 Å². The standard InChI is InChI=1S/C18H19NO5/c1-24-16-11-13(10-15(21)18(16)23)4-7-17(22)19-9-8-12-2-5-14(20)6-3-12/h2-7,10-11,20-21,23H,8-9H2,1H3,(H,19,22)/b7-4+. The first-order valence-corrected chi connectivity index (χ1v) is 7.33. The van der Waals surface area contributed by atoms with Crippen LogP contribution in [-0.2, 0) is 11.2 Å². The second-order valence-electron chi connectivity index (χ2n) is 5.13. The number of benzene rings is 2. The van der Waals surface area contributed by atoms with Gasteiger partial charge in [0.1, 0.15) is 5.75 Å². The maximum absolute atomic E-state index is 11.8. The van der Waals surface area contributed by atoms with Gasteiger partial charge in [-0.15, -0.1) is 0 Å². The van der Waals surface area contributed by atoms with E-state index in [1.807, 2.05) is 0 Å². The molecule has 0 saturated heterocycles. The summed E-state index contributed by atoms with van der Waals surface area (Å²) in [5.41, 5.74) is 1.53. The van der Waals surface area contributed by atoms with Crippen molar-refractivity contribution in [2.45, 2.75) is 6.42 Å². The number of phenols is 3. The highest BCUT2D eigenvalue weighted by Gasteiger charge is 2.08. The number of rotatable bonds is 6. The lowest BCUT2D eigenvalue weighted by atomic mass is 10.1. The van der Waals surface area contributed by atoms with E-state index in [9.17, 15) is 20.1 Å². The molecule has 126 valence electrons. The Hall–Kier alpha value is -3.15. The van der Waals surface area contributed by atoms with Crippen LogP contribution in [0.4, 0.5) is 0 Å². The molecule has 0 aromatic heterocycles. The third-order valence-electron chi connectivity index (χ3n) is 3.37. The van der Waals surface area contributed by atoms with Crippen molar-refractivity contribution in [3.63, 3.8) is 0 Å². The maximum Gasteiger partial charge on any atom is 0.244 e. The normalized spacial score (nSPS) is 10.7. The summed E-state index contributed by atoms with van der Waals surface area (Å²) in [6.45, 7) is 0.456. The van der Waals surface area contributed by atoms with Crippen LogP contribution >= 0.6 is 0 Å². The third kappa shape index (κ3) is 4.67. The summed E-state index contributed by atoms with van der Waals surface area (Å²) in [5, 5.41) is 31.1. The second kappa shape index (κ2) is 7.92. The van der Waals surface area contributed by atoms with Crippen molar-refractivity contribution in [3.05, 3.63) is 53.6 Å². The van der Waals surface area contributed by atoms with Crippen LogP contribution in [-0.4, -0.2) is 34.9 Å². The van der Waals surface area contributed by atoms with Gasteiger partial charge in [0, 0.05) is 12.6 Å². The van der Waals surface area contributed by atoms with E-state index in [-0.39, 0.29) is 28.9 Å². The first kappa shape index (κ1) is 17.2. The average molecular weight is 329 g/mol. The molecule has 4 N–H and O–H groups in total. The molecule has 0 bridgehead atoms. The molecule has 0 heterocycles. The smallest absolute Gasteiger partial charge is 0.244 e. The minimum absolute atomic E-state index is 0.127. The van der Waals surface area contributed by atoms with Crippen LogP contribution in [0.1, 0.15) is 11.1 Å². The minimum Gasteiger partial charge on any atom is -0.508 e. The fraction of sp³-hybridized carbons (Fsp3) is 0.167. The van der Waals surface area contributed by atoms with E-state index in [0.717, 1.165) is 5.56 Å². The molecule has 0 atom stereocenters. The first-order valence-electron chi connectivity index (χ1n) is 7.33. The van der Waals surface area contributed by atoms with Gasteiger partial charge in [0.2, 0.25) is 11.7 Å². The molecule has 0 saturated carbocycles. The predicted molar refractivity (Wildman–Crippen MR) is 90.2 cm³/mol. The van der Waals surface area contributed by atoms with Gasteiger partial charge in [0.05, 0.1) is 7.11 Å². The largest absolute Gasteiger partial charge is 0.508 e. The van der Waals surface area contributed by atoms with Gasteiger partial charge in [0.15, 0.2) is 11.5 Å². The first-order chi connectivity index (χ1) is 11.5. The number of methoxy groups -OCH3 is 1. The SMILES string of the molecule is COc1cc(/C=C/C(=O)NCCc2ccc(O)cc2)cc(O)c1O. The van der Waals surface area contributed by atoms with E-state index in [0.29, 0.717) is 18.5 Å². The number of carbonyl (C=O) groups excluding carboxylic acids is 1. The Bertz CT molecular complexity index is 738. The number of hydrogen-bond acceptors (Lipinski definition) is 5. The Labute approximate surface area is 139 Å². The van der Waals surface area contributed by atoms with Crippen molar-refractivity contribution in [2.75, 3.05) is 13.7 Å². The molecule has 0 unspecified atom stereocenters. The number of phenolic OH excluding ortho intramolecular Hbond substituents is 3. The molecule has 0 aliphatic rings. The summed E-state index contributed by atoms with van der Waals surface area (Å²) in [6, 6.07) is 9.63. The van der Waals surface area contributed by atoms with Gasteiger partial charge < -0.3 is 25.4 Å². The molecule has 0 fully saturated rings. The van der Waals surface area contributed by atoms with Gasteiger partial charge in [0.25, 0.3) is 0 Å². The molecule has 0 radical (unpaired) electrons. The lowest BCUT2D eigenvalue weighted by molar-refractivity contribution is -0.116. The molecule has 2 rings (SSSR count). The highest BCUT2D eigenvalue weighted by Crippen LogP contribution is 2.36. The maximum atomic E-state index is 11.8. The van der Waals surface area contributed by atoms with Gasteiger partial charge in [-0.25, -0.2) is 0 Å². The Morgan fingerprint density at radius 3 is 2.54 bits per heavy atom. The number of aromatic hydroxyl groups is 3. The Balaban J connectivity index is 1.89. The van der Waals surface area contributed by atoms with Crippen LogP contribution in [0, 0.1) is 0 Å². The quantitative estimate of drug-likeness (QED) is 0.481. The molecular formula is C18H19NO5. The van der Waals surface area contributed by atoms with Gasteiger partial charge >= 0.3 is 0 Å². The van der Waals surface area contributed by atoms with E-state index in [4.69, 9.17) is 4.74 Å². The molecule has 0 aliphatic carbocycles. The third-order valence-corrected chi connectivity index (χ3v) is 3.37. The van der Waals surface area contributed by atoms with Crippen molar-refractivity contribution in [2.24, 2.45) is 0 Å². The lowest BCUT2D eigenvalue weighted by Crippen LogP contribution is -2.23. The molecular weight excluding hydrogens is 310 g/mol. The number of amides is 1. The van der Waals surface area contributed by atoms with E-state index in [1.165, 1.54) is 31.4 Å². The van der Waals surface area contributed by atoms with E-state index < -0.39 is 0 Å². The fourth-order valence-electron chi connectivity index (χ4n) is 2.09. The number of nitrogens with one attached hydrogen (secondary N) is 1. The number of hydrogen-bond donors (Lipinski definition) is 4. The van der Waals surface area contributed by atoms with Crippen molar-refractivity contribution < 1.29 is 24.9 Å². The van der Waals surface area contributed by atoms with Gasteiger partial charge in [-0.1, -0.05) is 12.1 Å². The zero-order valence-electron chi connectivity index (χ0n) is 13.2. The van der Waals surface area contributed by atoms with Crippen molar-refractivity contribution in [1.29, 1.82) is 0 Å². The molecule has 2 aromatic rings. The van der Waals surface area contributed by atoms with Crippen LogP contribution in [0.5, 0.6) is 23.0 Å². The minimum atomic E-state index is -0.340. The van der Waals surface area contributed by atoms with Gasteiger partial charge in [-0.3, -0.25) is 4.79 Å². The highest BCUT2D eigenvalue weighted by atomic mass is 16.5. The summed E-state index contributed by atoms with van der Waals surface area (Å²) in [4.78, 5) is 11.8. The van der Waals surface area contributed by atoms with E-state index in [2.05, 4.69) is 5.32 Å². The molecule has 0 spiro atoms. The molecule has 1 amide bonds. The molecule has 0 aliphatic heterocycles. The Kier molecular flexibility index (Phi) is 5.68. The van der Waals surface area contributed by atoms with Crippen LogP contribution < -0.4 is 10.1 Å². The summed E-state index contributed by atoms with van der Waals surface area (Å²) in [6.07, 6.45) is 3.49. The van der Waals surface area contributed by atoms with Crippen LogP contribution in [0.25, 0.3) is 6.08 Å². The zero-order chi connectivity index (χ0) is 17.5. The number of ether oxygens (including phenoxy) is 1. The van der Waals surface area contributed by atoms with Crippen LogP contribution in [0.3, 0.4) is 0 Å². The number of carbonyl (C=O) groups is 1. The molecule has 2 aromatic carbocycles. The fourth-order valence-corrected chi connectivity index (χ4v) is 2.09. The topological polar surface area (TPSA) is 99.0 Å². The lowest BCUT2D eigenvalue weighted by Gasteiger charge is -2.06. The summed E-state index contributed by atoms with van der Waals surface area (Å²) in [7, 11) is 1.37. The van der Waals surface area contributed by atoms with Crippen LogP contribution in [0.2, 0.25) is 0 Å². The van der Waals surface area contributed by atoms with Crippen molar-refractivity contribution in [3.8, 4) is 23.0 Å². The Morgan fingerprint density at radius 2 is 1.88 bits per heavy atom. The van der Waals surface area contributed by atoms with Crippen molar-refractivity contribution >= 4 is 12.0 Å². The monoisotopic (exact) mass is 329 g/mol. The van der Waals surface area contributed by atoms with Gasteiger partial charge in [-0.05, 0) is 47.9 Å². The van der Waals surface area contributed by atoms with Gasteiger partial charge in [-0.2, -0.15) is 0 Å². The average Bonchev–Trinajstić information content (AvgIpc) is 2.57. The van der Waals surface area contributed by atoms with Crippen LogP contribution in [0.15, 0.2) is 42.5 Å².